The quantitative estimate of drug-likeness (QED) is 0.471. The molecule has 1 heterocycles. The molecule has 8 heteroatoms. The molecule has 2 fully saturated rings. The summed E-state index contributed by atoms with van der Waals surface area (Å²) in [4.78, 5) is 28.5. The first-order chi connectivity index (χ1) is 13.7. The molecule has 1 aromatic rings. The predicted octanol–water partition coefficient (Wildman–Crippen LogP) is 4.61. The van der Waals surface area contributed by atoms with Gasteiger partial charge in [0.25, 0.3) is 0 Å². The molecule has 0 aliphatic heterocycles. The second kappa shape index (κ2) is 14.8. The van der Waals surface area contributed by atoms with Crippen LogP contribution in [0.5, 0.6) is 0 Å². The number of rotatable bonds is 5. The molecule has 3 rings (SSSR count). The van der Waals surface area contributed by atoms with Crippen LogP contribution in [0.2, 0.25) is 0 Å². The molecule has 0 bridgehead atoms. The zero-order valence-corrected chi connectivity index (χ0v) is 18.8. The summed E-state index contributed by atoms with van der Waals surface area (Å²) in [6.07, 6.45) is 12.8. The summed E-state index contributed by atoms with van der Waals surface area (Å²) in [6.45, 7) is 2.33. The number of nitrogens with zero attached hydrogens (tertiary/aromatic N) is 2. The molecule has 160 valence electrons. The fourth-order valence-corrected chi connectivity index (χ4v) is 4.45. The van der Waals surface area contributed by atoms with E-state index in [4.69, 9.17) is 5.11 Å². The molecule has 0 aromatic carbocycles. The van der Waals surface area contributed by atoms with Crippen molar-refractivity contribution in [1.29, 1.82) is 0 Å². The maximum absolute atomic E-state index is 12.8. The molecule has 28 heavy (non-hydrogen) atoms. The first-order valence-electron chi connectivity index (χ1n) is 10.1. The van der Waals surface area contributed by atoms with E-state index in [1.807, 2.05) is 5.38 Å². The number of aromatic nitrogens is 1. The van der Waals surface area contributed by atoms with Crippen LogP contribution in [-0.2, 0) is 4.79 Å². The van der Waals surface area contributed by atoms with Crippen LogP contribution in [0.25, 0.3) is 0 Å². The molecule has 0 unspecified atom stereocenters. The molecular weight excluding hydrogens is 394 g/mol. The number of hydrogen-bond donors (Lipinski definition) is 3. The van der Waals surface area contributed by atoms with Gasteiger partial charge < -0.3 is 14.8 Å². The summed E-state index contributed by atoms with van der Waals surface area (Å²) < 4.78 is 0. The van der Waals surface area contributed by atoms with Crippen molar-refractivity contribution in [2.75, 3.05) is 18.2 Å². The number of carbonyl (C=O) groups is 2. The largest absolute Gasteiger partial charge is 0.400 e. The molecule has 2 aliphatic carbocycles. The monoisotopic (exact) mass is 429 g/mol. The lowest BCUT2D eigenvalue weighted by Crippen LogP contribution is -2.49. The molecular formula is C20H35N3O3S2. The van der Waals surface area contributed by atoms with Crippen molar-refractivity contribution in [2.45, 2.75) is 76.8 Å². The van der Waals surface area contributed by atoms with E-state index in [1.54, 1.807) is 6.20 Å². The van der Waals surface area contributed by atoms with E-state index in [2.05, 4.69) is 34.8 Å². The van der Waals surface area contributed by atoms with Crippen LogP contribution in [0.4, 0.5) is 9.93 Å². The Morgan fingerprint density at radius 2 is 1.86 bits per heavy atom. The van der Waals surface area contributed by atoms with Gasteiger partial charge in [-0.05, 0) is 50.2 Å². The fraction of sp³-hybridized carbons (Fsp3) is 0.750. The topological polar surface area (TPSA) is 82.5 Å². The van der Waals surface area contributed by atoms with Crippen molar-refractivity contribution in [2.24, 2.45) is 5.92 Å². The van der Waals surface area contributed by atoms with Gasteiger partial charge in [0.2, 0.25) is 0 Å². The number of amides is 2. The number of hydrogen-bond acceptors (Lipinski definition) is 6. The maximum Gasteiger partial charge on any atom is 0.324 e. The summed E-state index contributed by atoms with van der Waals surface area (Å²) in [5, 5.41) is 12.6. The summed E-state index contributed by atoms with van der Waals surface area (Å²) >= 11 is 5.26. The van der Waals surface area contributed by atoms with Crippen LogP contribution in [0.3, 0.4) is 0 Å². The number of carbonyl (C=O) groups excluding carboxylic acids is 2. The average Bonchev–Trinajstić information content (AvgIpc) is 3.41. The molecule has 2 aliphatic rings. The van der Waals surface area contributed by atoms with Gasteiger partial charge in [0.05, 0.1) is 0 Å². The standard InChI is InChI=1S/C16H25N3OS.C3H6OS.CH4O/c1-12-6-8-14(9-7-12)19(13-4-2-3-5-13)16(20)18-15-17-10-11-21-15;4-2-1-3-5;1-2/h10-14H,2-9H2,1H3,(H,17,18,20);2,5H,1,3H2;2H,1H3. The summed E-state index contributed by atoms with van der Waals surface area (Å²) in [5.74, 6) is 1.48. The Bertz CT molecular complexity index is 529. The first-order valence-corrected chi connectivity index (χ1v) is 11.6. The Kier molecular flexibility index (Phi) is 13.2. The number of thiol groups is 1. The molecule has 2 saturated carbocycles. The molecule has 2 amide bonds. The molecule has 0 radical (unpaired) electrons. The highest BCUT2D eigenvalue weighted by Gasteiger charge is 2.34. The smallest absolute Gasteiger partial charge is 0.324 e. The Balaban J connectivity index is 0.000000490. The summed E-state index contributed by atoms with van der Waals surface area (Å²) in [7, 11) is 1.00. The van der Waals surface area contributed by atoms with Crippen LogP contribution in [0.1, 0.15) is 64.7 Å². The van der Waals surface area contributed by atoms with Gasteiger partial charge in [-0.15, -0.1) is 11.3 Å². The predicted molar refractivity (Wildman–Crippen MR) is 119 cm³/mol. The SMILES string of the molecule is CC1CCC(N(C(=O)Nc2nccs2)C2CCCC2)CC1.CO.O=CCCS. The van der Waals surface area contributed by atoms with E-state index in [1.165, 1.54) is 37.0 Å². The van der Waals surface area contributed by atoms with Gasteiger partial charge in [-0.3, -0.25) is 5.32 Å². The van der Waals surface area contributed by atoms with Gasteiger partial charge in [0.1, 0.15) is 6.29 Å². The highest BCUT2D eigenvalue weighted by Crippen LogP contribution is 2.33. The summed E-state index contributed by atoms with van der Waals surface area (Å²) in [5.41, 5.74) is 0. The maximum atomic E-state index is 12.8. The van der Waals surface area contributed by atoms with Crippen molar-refractivity contribution >= 4 is 41.4 Å². The first kappa shape index (κ1) is 24.9. The van der Waals surface area contributed by atoms with E-state index in [-0.39, 0.29) is 6.03 Å². The normalized spacial score (nSPS) is 21.6. The van der Waals surface area contributed by atoms with Crippen molar-refractivity contribution in [3.63, 3.8) is 0 Å². The number of anilines is 1. The van der Waals surface area contributed by atoms with Gasteiger partial charge in [-0.25, -0.2) is 9.78 Å². The van der Waals surface area contributed by atoms with Gasteiger partial charge in [-0.2, -0.15) is 12.6 Å². The Morgan fingerprint density at radius 3 is 2.32 bits per heavy atom. The molecule has 6 nitrogen and oxygen atoms in total. The van der Waals surface area contributed by atoms with Gasteiger partial charge in [-0.1, -0.05) is 19.8 Å². The lowest BCUT2D eigenvalue weighted by molar-refractivity contribution is -0.107. The molecule has 0 atom stereocenters. The zero-order valence-electron chi connectivity index (χ0n) is 17.0. The molecule has 2 N–H and O–H groups in total. The third-order valence-electron chi connectivity index (χ3n) is 5.22. The molecule has 1 aromatic heterocycles. The molecule has 0 spiro atoms. The Labute approximate surface area is 178 Å². The lowest BCUT2D eigenvalue weighted by atomic mass is 9.86. The third kappa shape index (κ3) is 8.49. The lowest BCUT2D eigenvalue weighted by Gasteiger charge is -2.39. The number of urea groups is 1. The van der Waals surface area contributed by atoms with Gasteiger partial charge in [0, 0.05) is 37.2 Å². The van der Waals surface area contributed by atoms with Crippen molar-refractivity contribution in [1.82, 2.24) is 9.88 Å². The minimum absolute atomic E-state index is 0.0661. The number of aliphatic hydroxyl groups excluding tert-OH is 1. The van der Waals surface area contributed by atoms with E-state index in [0.29, 0.717) is 29.4 Å². The van der Waals surface area contributed by atoms with Crippen LogP contribution < -0.4 is 5.32 Å². The van der Waals surface area contributed by atoms with E-state index >= 15 is 0 Å². The number of aldehydes is 1. The fourth-order valence-electron chi connectivity index (χ4n) is 3.83. The minimum Gasteiger partial charge on any atom is -0.400 e. The minimum atomic E-state index is 0.0661. The second-order valence-electron chi connectivity index (χ2n) is 7.21. The number of thiazole rings is 1. The van der Waals surface area contributed by atoms with Crippen LogP contribution in [0, 0.1) is 5.92 Å². The van der Waals surface area contributed by atoms with Crippen molar-refractivity contribution in [3.05, 3.63) is 11.6 Å². The van der Waals surface area contributed by atoms with E-state index in [9.17, 15) is 9.59 Å². The van der Waals surface area contributed by atoms with Gasteiger partial charge in [0.15, 0.2) is 5.13 Å². The summed E-state index contributed by atoms with van der Waals surface area (Å²) in [6, 6.07) is 0.920. The van der Waals surface area contributed by atoms with E-state index in [0.717, 1.165) is 45.0 Å². The van der Waals surface area contributed by atoms with Gasteiger partial charge >= 0.3 is 6.03 Å². The van der Waals surface area contributed by atoms with Crippen LogP contribution in [0.15, 0.2) is 11.6 Å². The highest BCUT2D eigenvalue weighted by atomic mass is 32.1. The van der Waals surface area contributed by atoms with Crippen molar-refractivity contribution < 1.29 is 14.7 Å². The number of aliphatic hydroxyl groups is 1. The average molecular weight is 430 g/mol. The van der Waals surface area contributed by atoms with Crippen LogP contribution >= 0.6 is 24.0 Å². The van der Waals surface area contributed by atoms with Crippen LogP contribution in [-0.4, -0.2) is 52.3 Å². The second-order valence-corrected chi connectivity index (χ2v) is 8.55. The van der Waals surface area contributed by atoms with E-state index < -0.39 is 0 Å². The highest BCUT2D eigenvalue weighted by molar-refractivity contribution is 7.80. The number of nitrogens with one attached hydrogen (secondary N) is 1. The third-order valence-corrected chi connectivity index (χ3v) is 6.17. The Morgan fingerprint density at radius 1 is 1.25 bits per heavy atom. The van der Waals surface area contributed by atoms with Crippen molar-refractivity contribution in [3.8, 4) is 0 Å². The zero-order chi connectivity index (χ0) is 20.8. The molecule has 0 saturated heterocycles. The Hall–Kier alpha value is -1.12.